The van der Waals surface area contributed by atoms with Gasteiger partial charge in [-0.15, -0.1) is 0 Å². The first kappa shape index (κ1) is 26.4. The molecule has 1 heterocycles. The average molecular weight is 562 g/mol. The lowest BCUT2D eigenvalue weighted by atomic mass is 9.93. The standard InChI is InChI=1S/C21H15N5O10S2/c22-18-13-5-12(37(31,32)33)6-14-17(13)15(7-16(18)38(34,35)36)20(29)26(19(14)28)25-21(30)24-23-8-10-2-1-3-11(4-10)9-27/h1-9H,22H2,(H2,24,25,30)(H,31,32,33)(H,34,35,36)/b23-8-. The number of aldehydes is 1. The number of anilines is 1. The number of benzene rings is 3. The fourth-order valence-electron chi connectivity index (χ4n) is 3.67. The number of hydrogen-bond acceptors (Lipinski definition) is 10. The fourth-order valence-corrected chi connectivity index (χ4v) is 4.86. The number of rotatable bonds is 6. The Morgan fingerprint density at radius 2 is 1.58 bits per heavy atom. The molecule has 0 aliphatic carbocycles. The molecule has 17 heteroatoms. The molecule has 0 bridgehead atoms. The van der Waals surface area contributed by atoms with Gasteiger partial charge in [-0.25, -0.2) is 15.6 Å². The number of nitrogens with one attached hydrogen (secondary N) is 2. The van der Waals surface area contributed by atoms with Gasteiger partial charge in [-0.1, -0.05) is 18.2 Å². The van der Waals surface area contributed by atoms with Crippen LogP contribution in [0.5, 0.6) is 0 Å². The fraction of sp³-hybridized carbons (Fsp3) is 0. The van der Waals surface area contributed by atoms with E-state index in [0.717, 1.165) is 12.3 Å². The summed E-state index contributed by atoms with van der Waals surface area (Å²) in [5.74, 6) is -2.51. The maximum absolute atomic E-state index is 13.1. The van der Waals surface area contributed by atoms with Crippen LogP contribution in [0.15, 0.2) is 57.4 Å². The van der Waals surface area contributed by atoms with E-state index in [-0.39, 0.29) is 10.4 Å². The third kappa shape index (κ3) is 4.81. The van der Waals surface area contributed by atoms with Crippen molar-refractivity contribution in [3.8, 4) is 0 Å². The Labute approximate surface area is 213 Å². The molecule has 1 aliphatic heterocycles. The number of nitrogens with zero attached hydrogens (tertiary/aromatic N) is 2. The Morgan fingerprint density at radius 1 is 0.947 bits per heavy atom. The third-order valence-electron chi connectivity index (χ3n) is 5.29. The zero-order valence-corrected chi connectivity index (χ0v) is 20.3. The van der Waals surface area contributed by atoms with Gasteiger partial charge < -0.3 is 5.73 Å². The second kappa shape index (κ2) is 9.30. The van der Waals surface area contributed by atoms with Crippen molar-refractivity contribution in [1.82, 2.24) is 15.9 Å². The molecule has 38 heavy (non-hydrogen) atoms. The molecule has 1 aliphatic rings. The van der Waals surface area contributed by atoms with Crippen LogP contribution in [0.3, 0.4) is 0 Å². The first-order valence-electron chi connectivity index (χ1n) is 10.1. The van der Waals surface area contributed by atoms with E-state index in [2.05, 4.69) is 5.10 Å². The number of hydrogen-bond donors (Lipinski definition) is 5. The molecule has 0 atom stereocenters. The molecule has 4 rings (SSSR count). The second-order valence-corrected chi connectivity index (χ2v) is 10.5. The summed E-state index contributed by atoms with van der Waals surface area (Å²) in [6.45, 7) is 0. The molecule has 0 saturated carbocycles. The molecule has 4 amide bonds. The van der Waals surface area contributed by atoms with Crippen molar-refractivity contribution in [3.63, 3.8) is 0 Å². The number of nitrogens with two attached hydrogens (primary N) is 1. The summed E-state index contributed by atoms with van der Waals surface area (Å²) < 4.78 is 66.4. The SMILES string of the molecule is Nc1c(S(=O)(=O)O)cc2c3c(cc(S(=O)(=O)O)cc13)C(=O)N(NC(=O)N/N=C\c1cccc(C=O)c1)C2=O. The highest BCUT2D eigenvalue weighted by molar-refractivity contribution is 7.86. The number of carbonyl (C=O) groups is 4. The highest BCUT2D eigenvalue weighted by Crippen LogP contribution is 2.38. The van der Waals surface area contributed by atoms with Gasteiger partial charge in [0, 0.05) is 16.3 Å². The molecule has 0 spiro atoms. The monoisotopic (exact) mass is 561 g/mol. The van der Waals surface area contributed by atoms with E-state index in [1.807, 2.05) is 10.9 Å². The number of carbonyl (C=O) groups excluding carboxylic acids is 4. The van der Waals surface area contributed by atoms with Crippen LogP contribution in [0.2, 0.25) is 0 Å². The third-order valence-corrected chi connectivity index (χ3v) is 7.02. The minimum atomic E-state index is -5.05. The highest BCUT2D eigenvalue weighted by Gasteiger charge is 2.37. The molecule has 3 aromatic rings. The number of nitrogen functional groups attached to an aromatic ring is 1. The molecule has 196 valence electrons. The number of hydrazone groups is 1. The Morgan fingerprint density at radius 3 is 2.18 bits per heavy atom. The molecule has 3 aromatic carbocycles. The molecule has 0 saturated heterocycles. The second-order valence-electron chi connectivity index (χ2n) is 7.72. The first-order valence-corrected chi connectivity index (χ1v) is 13.0. The van der Waals surface area contributed by atoms with Crippen LogP contribution in [-0.2, 0) is 20.2 Å². The van der Waals surface area contributed by atoms with Crippen molar-refractivity contribution < 1.29 is 45.1 Å². The summed E-state index contributed by atoms with van der Waals surface area (Å²) in [5, 5.41) is 3.06. The van der Waals surface area contributed by atoms with Crippen LogP contribution in [0, 0.1) is 0 Å². The lowest BCUT2D eigenvalue weighted by Crippen LogP contribution is -2.53. The Kier molecular flexibility index (Phi) is 6.45. The molecule has 6 N–H and O–H groups in total. The predicted molar refractivity (Wildman–Crippen MR) is 130 cm³/mol. The molecule has 0 radical (unpaired) electrons. The van der Waals surface area contributed by atoms with Crippen molar-refractivity contribution in [2.24, 2.45) is 5.10 Å². The zero-order valence-electron chi connectivity index (χ0n) is 18.6. The smallest absolute Gasteiger partial charge is 0.354 e. The molecule has 0 aromatic heterocycles. The quantitative estimate of drug-likeness (QED) is 0.0695. The van der Waals surface area contributed by atoms with Crippen LogP contribution in [-0.4, -0.2) is 61.3 Å². The van der Waals surface area contributed by atoms with E-state index in [1.54, 1.807) is 12.1 Å². The van der Waals surface area contributed by atoms with Gasteiger partial charge in [-0.3, -0.25) is 23.5 Å². The Balaban J connectivity index is 1.74. The Hall–Kier alpha value is -4.71. The summed E-state index contributed by atoms with van der Waals surface area (Å²) >= 11 is 0. The highest BCUT2D eigenvalue weighted by atomic mass is 32.2. The van der Waals surface area contributed by atoms with Gasteiger partial charge in [0.15, 0.2) is 0 Å². The minimum Gasteiger partial charge on any atom is -0.397 e. The maximum atomic E-state index is 13.1. The number of amides is 4. The van der Waals surface area contributed by atoms with E-state index in [1.165, 1.54) is 12.1 Å². The van der Waals surface area contributed by atoms with Crippen molar-refractivity contribution in [2.75, 3.05) is 5.73 Å². The number of imide groups is 1. The van der Waals surface area contributed by atoms with Crippen molar-refractivity contribution in [1.29, 1.82) is 0 Å². The lowest BCUT2D eigenvalue weighted by molar-refractivity contribution is 0.0541. The van der Waals surface area contributed by atoms with Gasteiger partial charge in [0.1, 0.15) is 11.2 Å². The molecule has 0 unspecified atom stereocenters. The summed E-state index contributed by atoms with van der Waals surface area (Å²) in [6.07, 6.45) is 1.75. The van der Waals surface area contributed by atoms with Crippen LogP contribution >= 0.6 is 0 Å². The normalized spacial score (nSPS) is 13.7. The van der Waals surface area contributed by atoms with E-state index >= 15 is 0 Å². The van der Waals surface area contributed by atoms with Gasteiger partial charge in [-0.2, -0.15) is 26.9 Å². The summed E-state index contributed by atoms with van der Waals surface area (Å²) in [7, 11) is -10.0. The molecule has 0 fully saturated rings. The topological polar surface area (TPSA) is 243 Å². The van der Waals surface area contributed by atoms with Gasteiger partial charge in [0.25, 0.3) is 32.1 Å². The van der Waals surface area contributed by atoms with Crippen LogP contribution in [0.25, 0.3) is 10.8 Å². The summed E-state index contributed by atoms with van der Waals surface area (Å²) in [4.78, 5) is 47.5. The largest absolute Gasteiger partial charge is 0.397 e. The molecular weight excluding hydrogens is 546 g/mol. The minimum absolute atomic E-state index is 0.146. The first-order chi connectivity index (χ1) is 17.7. The van der Waals surface area contributed by atoms with E-state index < -0.39 is 70.1 Å². The van der Waals surface area contributed by atoms with Gasteiger partial charge in [0.2, 0.25) is 0 Å². The van der Waals surface area contributed by atoms with Crippen LogP contribution in [0.4, 0.5) is 10.5 Å². The summed E-state index contributed by atoms with van der Waals surface area (Å²) in [6, 6.07) is 6.98. The average Bonchev–Trinajstić information content (AvgIpc) is 2.84. The summed E-state index contributed by atoms with van der Waals surface area (Å²) in [5.41, 5.74) is 8.68. The number of hydrazine groups is 1. The van der Waals surface area contributed by atoms with Gasteiger partial charge in [-0.05, 0) is 29.8 Å². The van der Waals surface area contributed by atoms with Crippen LogP contribution < -0.4 is 16.6 Å². The van der Waals surface area contributed by atoms with E-state index in [0.29, 0.717) is 29.5 Å². The number of urea groups is 1. The predicted octanol–water partition coefficient (Wildman–Crippen LogP) is 0.572. The van der Waals surface area contributed by atoms with Crippen LogP contribution in [0.1, 0.15) is 36.6 Å². The van der Waals surface area contributed by atoms with Crippen molar-refractivity contribution in [2.45, 2.75) is 9.79 Å². The van der Waals surface area contributed by atoms with Crippen molar-refractivity contribution in [3.05, 3.63) is 64.7 Å². The zero-order chi connectivity index (χ0) is 28.0. The van der Waals surface area contributed by atoms with Crippen molar-refractivity contribution >= 4 is 67.0 Å². The van der Waals surface area contributed by atoms with E-state index in [4.69, 9.17) is 5.73 Å². The lowest BCUT2D eigenvalue weighted by Gasteiger charge is -2.28. The van der Waals surface area contributed by atoms with E-state index in [9.17, 15) is 45.1 Å². The molecule has 15 nitrogen and oxygen atoms in total. The molecular formula is C21H15N5O10S2. The van der Waals surface area contributed by atoms with Gasteiger partial charge >= 0.3 is 6.03 Å². The van der Waals surface area contributed by atoms with Gasteiger partial charge in [0.05, 0.1) is 27.9 Å². The maximum Gasteiger partial charge on any atom is 0.354 e. The Bertz CT molecular complexity index is 1800.